The number of benzene rings is 3. The maximum absolute atomic E-state index is 12.2. The van der Waals surface area contributed by atoms with Crippen molar-refractivity contribution in [2.45, 2.75) is 25.2 Å². The lowest BCUT2D eigenvalue weighted by atomic mass is 9.85. The zero-order valence-electron chi connectivity index (χ0n) is 24.1. The highest BCUT2D eigenvalue weighted by atomic mass is 16.2. The van der Waals surface area contributed by atoms with Gasteiger partial charge >= 0.3 is 0 Å². The number of anilines is 3. The van der Waals surface area contributed by atoms with E-state index in [-0.39, 0.29) is 41.4 Å². The molecule has 9 nitrogen and oxygen atoms in total. The number of amides is 6. The Labute approximate surface area is 259 Å². The first-order chi connectivity index (χ1) is 21.7. The number of hydrogen-bond donors (Lipinski definition) is 0. The Morgan fingerprint density at radius 3 is 1.27 bits per heavy atom. The lowest BCUT2D eigenvalue weighted by Crippen LogP contribution is -2.29. The van der Waals surface area contributed by atoms with Crippen molar-refractivity contribution in [3.63, 3.8) is 0 Å². The lowest BCUT2D eigenvalue weighted by Gasteiger charge is -2.21. The van der Waals surface area contributed by atoms with E-state index in [0.717, 1.165) is 43.4 Å². The number of carbonyl (C=O) groups is 6. The van der Waals surface area contributed by atoms with E-state index in [1.165, 1.54) is 36.5 Å². The van der Waals surface area contributed by atoms with Crippen LogP contribution in [0.25, 0.3) is 5.57 Å². The number of aryl methyl sites for hydroxylation is 1. The standard InChI is InChI=1S/C36H27N3O6/c1-23(25-6-12-29(13-7-25)38-33(42)18-19-34(38)43)22-27(26-8-14-30(15-9-26)39-35(44)20-21-36(39)45)5-2-24-3-10-28(11-4-24)37-31(40)16-17-32(37)41/h3-4,6-21,27H,1-2,5,22H2. The summed E-state index contributed by atoms with van der Waals surface area (Å²) in [4.78, 5) is 76.0. The monoisotopic (exact) mass is 597 g/mol. The highest BCUT2D eigenvalue weighted by Crippen LogP contribution is 2.34. The van der Waals surface area contributed by atoms with Crippen molar-refractivity contribution in [3.8, 4) is 0 Å². The molecule has 3 aromatic carbocycles. The van der Waals surface area contributed by atoms with Gasteiger partial charge in [-0.2, -0.15) is 0 Å². The van der Waals surface area contributed by atoms with Crippen molar-refractivity contribution in [1.29, 1.82) is 0 Å². The van der Waals surface area contributed by atoms with Gasteiger partial charge in [-0.15, -0.1) is 0 Å². The molecule has 3 aliphatic rings. The molecule has 0 saturated carbocycles. The van der Waals surface area contributed by atoms with Crippen LogP contribution in [-0.2, 0) is 35.2 Å². The van der Waals surface area contributed by atoms with E-state index in [9.17, 15) is 28.8 Å². The van der Waals surface area contributed by atoms with Crippen LogP contribution in [0.1, 0.15) is 35.4 Å². The van der Waals surface area contributed by atoms with Gasteiger partial charge in [-0.05, 0) is 83.8 Å². The van der Waals surface area contributed by atoms with Crippen molar-refractivity contribution in [3.05, 3.63) is 133 Å². The summed E-state index contributed by atoms with van der Waals surface area (Å²) in [5.74, 6) is -2.27. The molecule has 0 aliphatic carbocycles. The van der Waals surface area contributed by atoms with Gasteiger partial charge in [0.25, 0.3) is 35.4 Å². The quantitative estimate of drug-likeness (QED) is 0.311. The summed E-state index contributed by atoms with van der Waals surface area (Å²) in [6.07, 6.45) is 9.49. The minimum absolute atomic E-state index is 0.00545. The van der Waals surface area contributed by atoms with E-state index in [2.05, 4.69) is 6.58 Å². The van der Waals surface area contributed by atoms with E-state index < -0.39 is 0 Å². The molecule has 6 rings (SSSR count). The first kappa shape index (κ1) is 29.1. The second-order valence-electron chi connectivity index (χ2n) is 10.9. The van der Waals surface area contributed by atoms with Gasteiger partial charge in [0.1, 0.15) is 0 Å². The Balaban J connectivity index is 1.20. The molecule has 0 saturated heterocycles. The molecular formula is C36H27N3O6. The largest absolute Gasteiger partial charge is 0.269 e. The molecule has 0 N–H and O–H groups in total. The Hall–Kier alpha value is -5.96. The number of rotatable bonds is 10. The summed E-state index contributed by atoms with van der Waals surface area (Å²) in [5.41, 5.74) is 5.23. The number of hydrogen-bond acceptors (Lipinski definition) is 6. The Morgan fingerprint density at radius 2 is 0.867 bits per heavy atom. The number of carbonyl (C=O) groups excluding carboxylic acids is 6. The molecule has 0 aromatic heterocycles. The van der Waals surface area contributed by atoms with Crippen LogP contribution in [0.15, 0.2) is 116 Å². The van der Waals surface area contributed by atoms with Crippen LogP contribution < -0.4 is 14.7 Å². The molecule has 6 amide bonds. The SMILES string of the molecule is C=C(CC(CCc1ccc(N2C(=O)C=CC2=O)cc1)c1ccc(N2C(=O)C=CC2=O)cc1)c1ccc(N2C(=O)C=CC2=O)cc1. The molecule has 0 fully saturated rings. The maximum Gasteiger partial charge on any atom is 0.258 e. The molecule has 3 aliphatic heterocycles. The molecule has 0 radical (unpaired) electrons. The molecule has 222 valence electrons. The average molecular weight is 598 g/mol. The van der Waals surface area contributed by atoms with E-state index in [1.54, 1.807) is 36.4 Å². The van der Waals surface area contributed by atoms with Crippen LogP contribution in [0.2, 0.25) is 0 Å². The predicted molar refractivity (Wildman–Crippen MR) is 169 cm³/mol. The predicted octanol–water partition coefficient (Wildman–Crippen LogP) is 4.79. The second kappa shape index (κ2) is 12.0. The summed E-state index contributed by atoms with van der Waals surface area (Å²) < 4.78 is 0. The van der Waals surface area contributed by atoms with E-state index in [1.807, 2.05) is 36.4 Å². The first-order valence-electron chi connectivity index (χ1n) is 14.3. The third kappa shape index (κ3) is 5.83. The van der Waals surface area contributed by atoms with Gasteiger partial charge in [0, 0.05) is 36.5 Å². The summed E-state index contributed by atoms with van der Waals surface area (Å²) in [7, 11) is 0. The molecule has 1 atom stereocenters. The zero-order valence-corrected chi connectivity index (χ0v) is 24.1. The minimum atomic E-state index is -0.384. The molecule has 3 aromatic rings. The maximum atomic E-state index is 12.2. The Morgan fingerprint density at radius 1 is 0.511 bits per heavy atom. The first-order valence-corrected chi connectivity index (χ1v) is 14.3. The molecule has 9 heteroatoms. The fourth-order valence-electron chi connectivity index (χ4n) is 5.66. The van der Waals surface area contributed by atoms with Crippen LogP contribution in [0.5, 0.6) is 0 Å². The molecule has 0 bridgehead atoms. The van der Waals surface area contributed by atoms with Crippen LogP contribution >= 0.6 is 0 Å². The van der Waals surface area contributed by atoms with Crippen LogP contribution in [0.4, 0.5) is 17.1 Å². The Kier molecular flexibility index (Phi) is 7.75. The lowest BCUT2D eigenvalue weighted by molar-refractivity contribution is -0.121. The Bertz CT molecular complexity index is 1800. The summed E-state index contributed by atoms with van der Waals surface area (Å²) >= 11 is 0. The summed E-state index contributed by atoms with van der Waals surface area (Å²) in [6, 6.07) is 21.8. The van der Waals surface area contributed by atoms with Gasteiger partial charge in [-0.3, -0.25) is 28.8 Å². The van der Waals surface area contributed by atoms with Gasteiger partial charge in [0.2, 0.25) is 0 Å². The molecule has 3 heterocycles. The topological polar surface area (TPSA) is 112 Å². The minimum Gasteiger partial charge on any atom is -0.269 e. The van der Waals surface area contributed by atoms with E-state index in [0.29, 0.717) is 29.9 Å². The van der Waals surface area contributed by atoms with Crippen molar-refractivity contribution in [2.75, 3.05) is 14.7 Å². The number of nitrogens with zero attached hydrogens (tertiary/aromatic N) is 3. The smallest absolute Gasteiger partial charge is 0.258 e. The van der Waals surface area contributed by atoms with E-state index >= 15 is 0 Å². The molecule has 0 spiro atoms. The summed E-state index contributed by atoms with van der Waals surface area (Å²) in [6.45, 7) is 4.33. The average Bonchev–Trinajstić information content (AvgIpc) is 3.69. The fourth-order valence-corrected chi connectivity index (χ4v) is 5.66. The number of allylic oxidation sites excluding steroid dienone is 1. The van der Waals surface area contributed by atoms with Gasteiger partial charge in [0.15, 0.2) is 0 Å². The van der Waals surface area contributed by atoms with Crippen LogP contribution in [0.3, 0.4) is 0 Å². The van der Waals surface area contributed by atoms with E-state index in [4.69, 9.17) is 0 Å². The van der Waals surface area contributed by atoms with Gasteiger partial charge in [-0.25, -0.2) is 14.7 Å². The number of imide groups is 3. The van der Waals surface area contributed by atoms with Gasteiger partial charge < -0.3 is 0 Å². The third-order valence-corrected chi connectivity index (χ3v) is 8.05. The van der Waals surface area contributed by atoms with Crippen molar-refractivity contribution in [1.82, 2.24) is 0 Å². The van der Waals surface area contributed by atoms with Crippen molar-refractivity contribution >= 4 is 58.1 Å². The molecule has 1 unspecified atom stereocenters. The van der Waals surface area contributed by atoms with Crippen molar-refractivity contribution in [2.24, 2.45) is 0 Å². The van der Waals surface area contributed by atoms with Crippen molar-refractivity contribution < 1.29 is 28.8 Å². The fraction of sp³-hybridized carbons (Fsp3) is 0.111. The normalized spacial score (nSPS) is 16.6. The van der Waals surface area contributed by atoms with Gasteiger partial charge in [0.05, 0.1) is 17.1 Å². The molecular weight excluding hydrogens is 570 g/mol. The van der Waals surface area contributed by atoms with Crippen LogP contribution in [0, 0.1) is 0 Å². The molecule has 45 heavy (non-hydrogen) atoms. The summed E-state index contributed by atoms with van der Waals surface area (Å²) in [5, 5.41) is 0. The van der Waals surface area contributed by atoms with Gasteiger partial charge in [-0.1, -0.05) is 43.0 Å². The zero-order chi connectivity index (χ0) is 31.7. The second-order valence-corrected chi connectivity index (χ2v) is 10.9. The van der Waals surface area contributed by atoms with Crippen LogP contribution in [-0.4, -0.2) is 35.4 Å². The third-order valence-electron chi connectivity index (χ3n) is 8.05. The highest BCUT2D eigenvalue weighted by molar-refractivity contribution is 6.29. The highest BCUT2D eigenvalue weighted by Gasteiger charge is 2.27.